The molecule has 2 bridgehead atoms. The molecule has 0 amide bonds. The number of allylic oxidation sites excluding steroid dienone is 3. The molecule has 7 heteroatoms. The average Bonchev–Trinajstić information content (AvgIpc) is 2.55. The third kappa shape index (κ3) is 1.23. The van der Waals surface area contributed by atoms with E-state index >= 15 is 0 Å². The van der Waals surface area contributed by atoms with Gasteiger partial charge in [-0.2, -0.15) is 0 Å². The topological polar surface area (TPSA) is 88.5 Å². The molecule has 1 atom stereocenters. The van der Waals surface area contributed by atoms with Crippen LogP contribution in [0.3, 0.4) is 0 Å². The van der Waals surface area contributed by atoms with Crippen molar-refractivity contribution in [2.75, 3.05) is 0 Å². The van der Waals surface area contributed by atoms with Crippen molar-refractivity contribution >= 4 is 19.7 Å². The quantitative estimate of drug-likeness (QED) is 0.733. The molecule has 15 heavy (non-hydrogen) atoms. The van der Waals surface area contributed by atoms with Gasteiger partial charge in [-0.1, -0.05) is 0 Å². The molecule has 2 rings (SSSR count). The molecular formula is C8H8O5S2. The highest BCUT2D eigenvalue weighted by Crippen LogP contribution is 2.40. The molecule has 0 radical (unpaired) electrons. The van der Waals surface area contributed by atoms with Crippen molar-refractivity contribution in [1.82, 2.24) is 0 Å². The zero-order valence-corrected chi connectivity index (χ0v) is 9.34. The summed E-state index contributed by atoms with van der Waals surface area (Å²) >= 11 is 0. The Morgan fingerprint density at radius 3 is 2.27 bits per heavy atom. The van der Waals surface area contributed by atoms with E-state index in [2.05, 4.69) is 0 Å². The van der Waals surface area contributed by atoms with E-state index in [4.69, 9.17) is 5.11 Å². The molecular weight excluding hydrogens is 240 g/mol. The molecule has 2 heterocycles. The van der Waals surface area contributed by atoms with Gasteiger partial charge in [-0.25, -0.2) is 16.8 Å². The molecule has 2 aliphatic rings. The number of sulfone groups is 2. The van der Waals surface area contributed by atoms with E-state index in [1.165, 1.54) is 12.2 Å². The van der Waals surface area contributed by atoms with E-state index < -0.39 is 25.1 Å². The maximum Gasteiger partial charge on any atom is 0.207 e. The van der Waals surface area contributed by atoms with Crippen LogP contribution in [0, 0.1) is 0 Å². The van der Waals surface area contributed by atoms with Gasteiger partial charge < -0.3 is 5.11 Å². The monoisotopic (exact) mass is 248 g/mol. The Morgan fingerprint density at radius 2 is 1.93 bits per heavy atom. The van der Waals surface area contributed by atoms with Gasteiger partial charge in [0.15, 0.2) is 5.44 Å². The summed E-state index contributed by atoms with van der Waals surface area (Å²) in [5, 5.41) is 9.07. The minimum absolute atomic E-state index is 0.0308. The van der Waals surface area contributed by atoms with E-state index in [1.807, 2.05) is 0 Å². The Hall–Kier alpha value is -0.920. The van der Waals surface area contributed by atoms with Gasteiger partial charge in [-0.05, 0) is 25.2 Å². The molecule has 5 nitrogen and oxygen atoms in total. The minimum atomic E-state index is -3.95. The van der Waals surface area contributed by atoms with Crippen LogP contribution in [0.15, 0.2) is 32.9 Å². The summed E-state index contributed by atoms with van der Waals surface area (Å²) in [4.78, 5) is -0.579. The number of aliphatic hydroxyl groups is 1. The van der Waals surface area contributed by atoms with Gasteiger partial charge in [0.1, 0.15) is 0 Å². The Bertz CT molecular complexity index is 614. The average molecular weight is 248 g/mol. The highest BCUT2D eigenvalue weighted by molar-refractivity contribution is 8.03. The lowest BCUT2D eigenvalue weighted by Gasteiger charge is -2.07. The third-order valence-electron chi connectivity index (χ3n) is 2.27. The molecule has 1 N–H and O–H groups in total. The molecule has 0 spiro atoms. The van der Waals surface area contributed by atoms with Crippen LogP contribution in [0.25, 0.3) is 0 Å². The second-order valence-electron chi connectivity index (χ2n) is 3.26. The second-order valence-corrected chi connectivity index (χ2v) is 7.39. The molecule has 2 aliphatic heterocycles. The van der Waals surface area contributed by atoms with Crippen molar-refractivity contribution < 1.29 is 21.9 Å². The van der Waals surface area contributed by atoms with Gasteiger partial charge >= 0.3 is 0 Å². The summed E-state index contributed by atoms with van der Waals surface area (Å²) in [5.41, 5.74) is -1.61. The highest BCUT2D eigenvalue weighted by atomic mass is 32.2. The molecule has 0 saturated carbocycles. The zero-order chi connectivity index (χ0) is 11.4. The van der Waals surface area contributed by atoms with Crippen LogP contribution in [0.2, 0.25) is 0 Å². The van der Waals surface area contributed by atoms with Gasteiger partial charge in [0.25, 0.3) is 0 Å². The van der Waals surface area contributed by atoms with Crippen LogP contribution in [-0.4, -0.2) is 27.4 Å². The first-order chi connectivity index (χ1) is 6.78. The van der Waals surface area contributed by atoms with Crippen LogP contribution in [0.5, 0.6) is 0 Å². The summed E-state index contributed by atoms with van der Waals surface area (Å²) in [6, 6.07) is 0. The fourth-order valence-electron chi connectivity index (χ4n) is 1.41. The summed E-state index contributed by atoms with van der Waals surface area (Å²) in [6.07, 6.45) is 3.65. The lowest BCUT2D eigenvalue weighted by atomic mass is 10.3. The van der Waals surface area contributed by atoms with Gasteiger partial charge in [0.2, 0.25) is 19.7 Å². The number of aliphatic hydroxyl groups excluding tert-OH is 1. The lowest BCUT2D eigenvalue weighted by Crippen LogP contribution is -2.18. The van der Waals surface area contributed by atoms with Gasteiger partial charge in [-0.3, -0.25) is 0 Å². The minimum Gasteiger partial charge on any atom is -0.377 e. The molecule has 1 unspecified atom stereocenters. The van der Waals surface area contributed by atoms with Crippen LogP contribution in [-0.2, 0) is 19.7 Å². The normalized spacial score (nSPS) is 24.5. The van der Waals surface area contributed by atoms with E-state index in [-0.39, 0.29) is 14.7 Å². The Labute approximate surface area is 87.3 Å². The maximum atomic E-state index is 11.6. The molecule has 0 aromatic rings. The first-order valence-corrected chi connectivity index (χ1v) is 7.12. The smallest absolute Gasteiger partial charge is 0.207 e. The Morgan fingerprint density at radius 1 is 1.33 bits per heavy atom. The van der Waals surface area contributed by atoms with E-state index in [1.54, 1.807) is 0 Å². The molecule has 0 saturated heterocycles. The SMILES string of the molecule is CC(O)S(=O)(=O)C1=C2C=CC(=C1)S2(=O)=O. The van der Waals surface area contributed by atoms with Gasteiger partial charge in [-0.15, -0.1) is 0 Å². The number of hydrogen-bond donors (Lipinski definition) is 1. The fourth-order valence-corrected chi connectivity index (χ4v) is 4.52. The number of rotatable bonds is 2. The molecule has 0 aromatic carbocycles. The van der Waals surface area contributed by atoms with Crippen molar-refractivity contribution in [2.45, 2.75) is 12.4 Å². The number of hydrogen-bond acceptors (Lipinski definition) is 5. The molecule has 0 fully saturated rings. The summed E-state index contributed by atoms with van der Waals surface area (Å²) < 4.78 is 46.1. The van der Waals surface area contributed by atoms with Crippen LogP contribution in [0.4, 0.5) is 0 Å². The summed E-state index contributed by atoms with van der Waals surface area (Å²) in [7, 11) is -7.57. The summed E-state index contributed by atoms with van der Waals surface area (Å²) in [5.74, 6) is 0. The van der Waals surface area contributed by atoms with Crippen molar-refractivity contribution in [3.8, 4) is 0 Å². The van der Waals surface area contributed by atoms with Crippen molar-refractivity contribution in [2.24, 2.45) is 0 Å². The highest BCUT2D eigenvalue weighted by Gasteiger charge is 2.40. The predicted molar refractivity (Wildman–Crippen MR) is 53.8 cm³/mol. The van der Waals surface area contributed by atoms with Crippen molar-refractivity contribution in [1.29, 1.82) is 0 Å². The van der Waals surface area contributed by atoms with Crippen LogP contribution >= 0.6 is 0 Å². The molecule has 0 aromatic heterocycles. The predicted octanol–water partition coefficient (Wildman–Crippen LogP) is -0.167. The molecule has 0 aliphatic carbocycles. The molecule has 82 valence electrons. The zero-order valence-electron chi connectivity index (χ0n) is 7.71. The fraction of sp³-hybridized carbons (Fsp3) is 0.250. The standard InChI is InChI=1S/C8H8O5S2/c1-5(9)14(10,11)8-4-6-2-3-7(8)15(6,12)13/h2-5,9H,1H3. The first-order valence-electron chi connectivity index (χ1n) is 4.09. The van der Waals surface area contributed by atoms with Crippen LogP contribution in [0.1, 0.15) is 6.92 Å². The van der Waals surface area contributed by atoms with Crippen molar-refractivity contribution in [3.63, 3.8) is 0 Å². The van der Waals surface area contributed by atoms with Crippen LogP contribution < -0.4 is 0 Å². The van der Waals surface area contributed by atoms with Gasteiger partial charge in [0, 0.05) is 0 Å². The summed E-state index contributed by atoms with van der Waals surface area (Å²) in [6.45, 7) is 1.09. The van der Waals surface area contributed by atoms with Gasteiger partial charge in [0.05, 0.1) is 14.7 Å². The number of fused-ring (bicyclic) bond motifs is 2. The van der Waals surface area contributed by atoms with E-state index in [0.29, 0.717) is 0 Å². The first kappa shape index (κ1) is 10.6. The van der Waals surface area contributed by atoms with E-state index in [0.717, 1.165) is 13.0 Å². The van der Waals surface area contributed by atoms with Crippen molar-refractivity contribution in [3.05, 3.63) is 32.9 Å². The third-order valence-corrected chi connectivity index (χ3v) is 6.06. The Balaban J connectivity index is 2.73. The maximum absolute atomic E-state index is 11.6. The lowest BCUT2D eigenvalue weighted by molar-refractivity contribution is 0.270. The Kier molecular flexibility index (Phi) is 1.98. The largest absolute Gasteiger partial charge is 0.377 e. The van der Waals surface area contributed by atoms with E-state index in [9.17, 15) is 16.8 Å². The second kappa shape index (κ2) is 2.81.